The normalized spacial score (nSPS) is 14.8. The van der Waals surface area contributed by atoms with E-state index in [1.807, 2.05) is 12.1 Å². The van der Waals surface area contributed by atoms with E-state index in [0.717, 1.165) is 24.9 Å². The standard InChI is InChI=1S/C14H22FN/c1-4-8-14(16-5-2)11(3)12-9-6-7-10-13(12)15/h6-7,9-11,14,16H,4-5,8H2,1-3H3. The molecule has 0 aliphatic carbocycles. The number of rotatable bonds is 6. The summed E-state index contributed by atoms with van der Waals surface area (Å²) in [6.07, 6.45) is 2.21. The zero-order valence-electron chi connectivity index (χ0n) is 10.5. The topological polar surface area (TPSA) is 12.0 Å². The smallest absolute Gasteiger partial charge is 0.126 e. The third-order valence-corrected chi connectivity index (χ3v) is 3.07. The van der Waals surface area contributed by atoms with Gasteiger partial charge in [-0.15, -0.1) is 0 Å². The molecule has 1 rings (SSSR count). The van der Waals surface area contributed by atoms with E-state index in [1.165, 1.54) is 0 Å². The molecule has 2 unspecified atom stereocenters. The Kier molecular flexibility index (Phi) is 5.47. The van der Waals surface area contributed by atoms with Crippen molar-refractivity contribution < 1.29 is 4.39 Å². The van der Waals surface area contributed by atoms with Crippen LogP contribution in [0.15, 0.2) is 24.3 Å². The lowest BCUT2D eigenvalue weighted by Gasteiger charge is -2.25. The minimum absolute atomic E-state index is 0.0889. The quantitative estimate of drug-likeness (QED) is 0.775. The fourth-order valence-electron chi connectivity index (χ4n) is 2.16. The Bertz CT molecular complexity index is 305. The number of halogens is 1. The Labute approximate surface area is 98.1 Å². The molecule has 1 aromatic carbocycles. The van der Waals surface area contributed by atoms with Crippen LogP contribution in [0, 0.1) is 5.82 Å². The van der Waals surface area contributed by atoms with Crippen LogP contribution in [0.2, 0.25) is 0 Å². The molecular weight excluding hydrogens is 201 g/mol. The van der Waals surface area contributed by atoms with Crippen LogP contribution in [0.3, 0.4) is 0 Å². The van der Waals surface area contributed by atoms with Crippen molar-refractivity contribution in [3.63, 3.8) is 0 Å². The number of hydrogen-bond donors (Lipinski definition) is 1. The van der Waals surface area contributed by atoms with Crippen LogP contribution in [0.5, 0.6) is 0 Å². The average molecular weight is 223 g/mol. The Balaban J connectivity index is 2.81. The van der Waals surface area contributed by atoms with Gasteiger partial charge in [-0.2, -0.15) is 0 Å². The summed E-state index contributed by atoms with van der Waals surface area (Å²) in [7, 11) is 0. The van der Waals surface area contributed by atoms with Crippen LogP contribution in [0.1, 0.15) is 45.1 Å². The maximum absolute atomic E-state index is 13.7. The van der Waals surface area contributed by atoms with Gasteiger partial charge in [-0.25, -0.2) is 4.39 Å². The first-order chi connectivity index (χ1) is 7.70. The molecule has 1 aromatic rings. The van der Waals surface area contributed by atoms with Crippen LogP contribution >= 0.6 is 0 Å². The lowest BCUT2D eigenvalue weighted by Crippen LogP contribution is -2.33. The van der Waals surface area contributed by atoms with E-state index in [1.54, 1.807) is 12.1 Å². The molecule has 0 amide bonds. The van der Waals surface area contributed by atoms with Gasteiger partial charge in [-0.05, 0) is 30.5 Å². The molecule has 1 nitrogen and oxygen atoms in total. The molecule has 0 saturated carbocycles. The van der Waals surface area contributed by atoms with E-state index in [4.69, 9.17) is 0 Å². The zero-order chi connectivity index (χ0) is 12.0. The van der Waals surface area contributed by atoms with E-state index >= 15 is 0 Å². The van der Waals surface area contributed by atoms with Gasteiger partial charge in [0.1, 0.15) is 5.82 Å². The first kappa shape index (κ1) is 13.2. The predicted octanol–water partition coefficient (Wildman–Crippen LogP) is 3.71. The largest absolute Gasteiger partial charge is 0.314 e. The summed E-state index contributed by atoms with van der Waals surface area (Å²) in [6, 6.07) is 7.45. The van der Waals surface area contributed by atoms with E-state index in [9.17, 15) is 4.39 Å². The first-order valence-electron chi connectivity index (χ1n) is 6.18. The molecule has 1 N–H and O–H groups in total. The monoisotopic (exact) mass is 223 g/mol. The third kappa shape index (κ3) is 3.31. The van der Waals surface area contributed by atoms with Crippen molar-refractivity contribution in [1.82, 2.24) is 5.32 Å². The summed E-state index contributed by atoms with van der Waals surface area (Å²) in [6.45, 7) is 7.29. The summed E-state index contributed by atoms with van der Waals surface area (Å²) in [4.78, 5) is 0. The summed E-state index contributed by atoms with van der Waals surface area (Å²) in [5, 5.41) is 3.44. The van der Waals surface area contributed by atoms with Crippen molar-refractivity contribution in [2.24, 2.45) is 0 Å². The summed E-state index contributed by atoms with van der Waals surface area (Å²) in [5.41, 5.74) is 0.821. The van der Waals surface area contributed by atoms with Crippen LogP contribution < -0.4 is 5.32 Å². The second-order valence-electron chi connectivity index (χ2n) is 4.26. The van der Waals surface area contributed by atoms with Crippen molar-refractivity contribution in [3.05, 3.63) is 35.6 Å². The van der Waals surface area contributed by atoms with Gasteiger partial charge in [0.25, 0.3) is 0 Å². The molecule has 0 aliphatic rings. The van der Waals surface area contributed by atoms with Gasteiger partial charge in [0.05, 0.1) is 0 Å². The predicted molar refractivity (Wildman–Crippen MR) is 67.2 cm³/mol. The fourth-order valence-corrected chi connectivity index (χ4v) is 2.16. The molecule has 0 heterocycles. The summed E-state index contributed by atoms with van der Waals surface area (Å²) in [5.74, 6) is 0.134. The second kappa shape index (κ2) is 6.64. The third-order valence-electron chi connectivity index (χ3n) is 3.07. The summed E-state index contributed by atoms with van der Waals surface area (Å²) >= 11 is 0. The highest BCUT2D eigenvalue weighted by atomic mass is 19.1. The molecule has 0 saturated heterocycles. The minimum Gasteiger partial charge on any atom is -0.314 e. The van der Waals surface area contributed by atoms with E-state index in [-0.39, 0.29) is 11.7 Å². The number of nitrogens with one attached hydrogen (secondary N) is 1. The molecule has 0 spiro atoms. The van der Waals surface area contributed by atoms with Crippen LogP contribution in [0.4, 0.5) is 4.39 Å². The van der Waals surface area contributed by atoms with Gasteiger partial charge in [0.15, 0.2) is 0 Å². The number of likely N-dealkylation sites (N-methyl/N-ethyl adjacent to an activating group) is 1. The van der Waals surface area contributed by atoms with Crippen LogP contribution in [0.25, 0.3) is 0 Å². The number of hydrogen-bond acceptors (Lipinski definition) is 1. The van der Waals surface area contributed by atoms with Gasteiger partial charge in [-0.1, -0.05) is 45.4 Å². The molecule has 0 fully saturated rings. The van der Waals surface area contributed by atoms with E-state index < -0.39 is 0 Å². The Morgan fingerprint density at radius 3 is 2.50 bits per heavy atom. The van der Waals surface area contributed by atoms with Crippen LogP contribution in [-0.4, -0.2) is 12.6 Å². The average Bonchev–Trinajstić information content (AvgIpc) is 2.28. The highest BCUT2D eigenvalue weighted by Gasteiger charge is 2.19. The Morgan fingerprint density at radius 2 is 1.94 bits per heavy atom. The van der Waals surface area contributed by atoms with Crippen molar-refractivity contribution in [2.75, 3.05) is 6.54 Å². The molecule has 90 valence electrons. The SMILES string of the molecule is CCCC(NCC)C(C)c1ccccc1F. The maximum atomic E-state index is 13.7. The van der Waals surface area contributed by atoms with Crippen molar-refractivity contribution in [3.8, 4) is 0 Å². The molecule has 0 radical (unpaired) electrons. The molecule has 0 bridgehead atoms. The van der Waals surface area contributed by atoms with Crippen molar-refractivity contribution >= 4 is 0 Å². The lowest BCUT2D eigenvalue weighted by molar-refractivity contribution is 0.419. The van der Waals surface area contributed by atoms with Gasteiger partial charge < -0.3 is 5.32 Å². The first-order valence-corrected chi connectivity index (χ1v) is 6.18. The van der Waals surface area contributed by atoms with Crippen molar-refractivity contribution in [1.29, 1.82) is 0 Å². The van der Waals surface area contributed by atoms with Gasteiger partial charge in [0.2, 0.25) is 0 Å². The molecule has 16 heavy (non-hydrogen) atoms. The minimum atomic E-state index is -0.0889. The summed E-state index contributed by atoms with van der Waals surface area (Å²) < 4.78 is 13.7. The molecule has 0 aromatic heterocycles. The van der Waals surface area contributed by atoms with E-state index in [2.05, 4.69) is 26.1 Å². The fraction of sp³-hybridized carbons (Fsp3) is 0.571. The maximum Gasteiger partial charge on any atom is 0.126 e. The van der Waals surface area contributed by atoms with Gasteiger partial charge in [0, 0.05) is 6.04 Å². The number of benzene rings is 1. The zero-order valence-corrected chi connectivity index (χ0v) is 10.5. The van der Waals surface area contributed by atoms with Gasteiger partial charge in [-0.3, -0.25) is 0 Å². The van der Waals surface area contributed by atoms with Gasteiger partial charge >= 0.3 is 0 Å². The molecule has 0 aliphatic heterocycles. The Hall–Kier alpha value is -0.890. The second-order valence-corrected chi connectivity index (χ2v) is 4.26. The van der Waals surface area contributed by atoms with E-state index in [0.29, 0.717) is 6.04 Å². The molecule has 2 heteroatoms. The van der Waals surface area contributed by atoms with Crippen molar-refractivity contribution in [2.45, 2.75) is 45.6 Å². The Morgan fingerprint density at radius 1 is 1.25 bits per heavy atom. The molecular formula is C14H22FN. The highest BCUT2D eigenvalue weighted by Crippen LogP contribution is 2.24. The molecule has 2 atom stereocenters. The lowest BCUT2D eigenvalue weighted by atomic mass is 9.90. The van der Waals surface area contributed by atoms with Crippen LogP contribution in [-0.2, 0) is 0 Å². The highest BCUT2D eigenvalue weighted by molar-refractivity contribution is 5.22.